The van der Waals surface area contributed by atoms with Gasteiger partial charge in [0.05, 0.1) is 5.56 Å². The first-order valence-corrected chi connectivity index (χ1v) is 16.7. The normalized spacial score (nSPS) is 19.1. The number of aromatic hydroxyl groups is 2. The molecule has 6 rings (SSSR count). The number of oxime groups is 1. The first-order valence-electron chi connectivity index (χ1n) is 14.7. The van der Waals surface area contributed by atoms with Crippen molar-refractivity contribution in [2.24, 2.45) is 5.16 Å². The Balaban J connectivity index is 1.20. The molecule has 4 heterocycles. The number of aliphatic carboxylic acids is 2. The Morgan fingerprint density at radius 2 is 1.96 bits per heavy atom. The third kappa shape index (κ3) is 6.45. The highest BCUT2D eigenvalue weighted by atomic mass is 32.2. The molecule has 3 atom stereocenters. The molecular weight excluding hydrogens is 696 g/mol. The highest BCUT2D eigenvalue weighted by molar-refractivity contribution is 8.00. The largest absolute Gasteiger partial charge is 0.504 e. The summed E-state index contributed by atoms with van der Waals surface area (Å²) in [4.78, 5) is 63.5. The summed E-state index contributed by atoms with van der Waals surface area (Å²) in [6.07, 6.45) is 5.46. The van der Waals surface area contributed by atoms with Crippen molar-refractivity contribution < 1.29 is 48.8 Å². The van der Waals surface area contributed by atoms with Crippen LogP contribution in [0.1, 0.15) is 22.9 Å². The van der Waals surface area contributed by atoms with E-state index in [9.17, 15) is 44.0 Å². The van der Waals surface area contributed by atoms with E-state index in [1.54, 1.807) is 6.08 Å². The SMILES string of the molecule is Nc1nc(C(=NOC(C(=O)O)c2ccc(F)c(O)c2O)C(=O)NC2C(=O)N3C(C(=O)O)=C(C=CCN4CC=Cc5ccccc54)CSC23)cs1. The molecule has 3 aromatic rings. The number of rotatable bonds is 11. The molecule has 0 bridgehead atoms. The second-order valence-electron chi connectivity index (χ2n) is 11.0. The number of phenolic OH excluding ortho intramolecular Hbond substituents is 2. The number of halogens is 1. The number of carbonyl (C=O) groups is 4. The predicted molar refractivity (Wildman–Crippen MR) is 181 cm³/mol. The molecule has 0 radical (unpaired) electrons. The second kappa shape index (κ2) is 13.9. The number of allylic oxidation sites excluding steroid dienone is 1. The van der Waals surface area contributed by atoms with Gasteiger partial charge in [-0.3, -0.25) is 14.5 Å². The van der Waals surface area contributed by atoms with E-state index in [1.165, 1.54) is 17.1 Å². The Bertz CT molecular complexity index is 2030. The molecule has 3 unspecified atom stereocenters. The van der Waals surface area contributed by atoms with Crippen LogP contribution in [-0.4, -0.2) is 90.0 Å². The number of hydrogen-bond donors (Lipinski definition) is 6. The average Bonchev–Trinajstić information content (AvgIpc) is 3.53. The van der Waals surface area contributed by atoms with Crippen LogP contribution in [0.5, 0.6) is 11.5 Å². The van der Waals surface area contributed by atoms with Gasteiger partial charge in [-0.1, -0.05) is 47.7 Å². The van der Waals surface area contributed by atoms with Gasteiger partial charge in [-0.05, 0) is 29.3 Å². The Labute approximate surface area is 290 Å². The summed E-state index contributed by atoms with van der Waals surface area (Å²) >= 11 is 2.16. The van der Waals surface area contributed by atoms with Gasteiger partial charge in [-0.25, -0.2) is 19.0 Å². The number of thiazole rings is 1. The van der Waals surface area contributed by atoms with E-state index in [-0.39, 0.29) is 22.3 Å². The van der Waals surface area contributed by atoms with Gasteiger partial charge in [-0.15, -0.1) is 23.1 Å². The number of amides is 2. The zero-order valence-electron chi connectivity index (χ0n) is 25.6. The minimum atomic E-state index is -2.12. The lowest BCUT2D eigenvalue weighted by molar-refractivity contribution is -0.151. The number of aromatic nitrogens is 1. The number of para-hydroxylation sites is 1. The molecule has 0 spiro atoms. The number of nitrogens with one attached hydrogen (secondary N) is 1. The Kier molecular flexibility index (Phi) is 9.47. The molecule has 3 aliphatic rings. The summed E-state index contributed by atoms with van der Waals surface area (Å²) < 4.78 is 13.7. The molecule has 3 aliphatic heterocycles. The number of nitrogens with zero attached hydrogens (tertiary/aromatic N) is 4. The molecule has 258 valence electrons. The molecule has 0 saturated carbocycles. The van der Waals surface area contributed by atoms with Crippen LogP contribution in [0.3, 0.4) is 0 Å². The quantitative estimate of drug-likeness (QED) is 0.0725. The zero-order valence-corrected chi connectivity index (χ0v) is 27.2. The zero-order chi connectivity index (χ0) is 35.7. The summed E-state index contributed by atoms with van der Waals surface area (Å²) in [5.74, 6) is -8.11. The third-order valence-corrected chi connectivity index (χ3v) is 9.88. The van der Waals surface area contributed by atoms with E-state index >= 15 is 0 Å². The van der Waals surface area contributed by atoms with Gasteiger partial charge >= 0.3 is 11.9 Å². The first-order chi connectivity index (χ1) is 24.0. The number of benzene rings is 2. The lowest BCUT2D eigenvalue weighted by Crippen LogP contribution is -2.71. The van der Waals surface area contributed by atoms with Gasteiger partial charge in [0.2, 0.25) is 0 Å². The number of hydrogen-bond acceptors (Lipinski definition) is 13. The topological polar surface area (TPSA) is 228 Å². The molecule has 1 fully saturated rings. The summed E-state index contributed by atoms with van der Waals surface area (Å²) in [5.41, 5.74) is 6.71. The number of β-lactam (4-membered cyclic amide) rings is 1. The van der Waals surface area contributed by atoms with E-state index in [1.807, 2.05) is 42.5 Å². The molecular formula is C32H27FN6O9S2. The van der Waals surface area contributed by atoms with Gasteiger partial charge in [0.1, 0.15) is 22.8 Å². The smallest absolute Gasteiger partial charge is 0.352 e. The van der Waals surface area contributed by atoms with E-state index in [2.05, 4.69) is 20.4 Å². The lowest BCUT2D eigenvalue weighted by Gasteiger charge is -2.49. The van der Waals surface area contributed by atoms with Crippen LogP contribution in [0, 0.1) is 5.82 Å². The van der Waals surface area contributed by atoms with Gasteiger partial charge in [-0.2, -0.15) is 0 Å². The molecule has 50 heavy (non-hydrogen) atoms. The van der Waals surface area contributed by atoms with Crippen LogP contribution < -0.4 is 16.0 Å². The van der Waals surface area contributed by atoms with Crippen molar-refractivity contribution in [3.05, 3.63) is 93.9 Å². The molecule has 0 aliphatic carbocycles. The maximum atomic E-state index is 13.7. The average molecular weight is 723 g/mol. The van der Waals surface area contributed by atoms with Crippen LogP contribution in [0.25, 0.3) is 6.08 Å². The summed E-state index contributed by atoms with van der Waals surface area (Å²) in [5, 5.41) is 46.4. The minimum absolute atomic E-state index is 0.0166. The molecule has 2 amide bonds. The van der Waals surface area contributed by atoms with Crippen molar-refractivity contribution in [3.63, 3.8) is 0 Å². The summed E-state index contributed by atoms with van der Waals surface area (Å²) in [6, 6.07) is 8.24. The van der Waals surface area contributed by atoms with Crippen LogP contribution in [0.4, 0.5) is 15.2 Å². The van der Waals surface area contributed by atoms with Crippen LogP contribution in [-0.2, 0) is 24.0 Å². The minimum Gasteiger partial charge on any atom is -0.504 e. The number of carboxylic acids is 2. The van der Waals surface area contributed by atoms with Crippen LogP contribution >= 0.6 is 23.1 Å². The van der Waals surface area contributed by atoms with Gasteiger partial charge in [0, 0.05) is 29.9 Å². The fraction of sp³-hybridized carbons (Fsp3) is 0.188. The van der Waals surface area contributed by atoms with Crippen molar-refractivity contribution in [3.8, 4) is 11.5 Å². The van der Waals surface area contributed by atoms with Crippen LogP contribution in [0.2, 0.25) is 0 Å². The fourth-order valence-electron chi connectivity index (χ4n) is 5.52. The highest BCUT2D eigenvalue weighted by Gasteiger charge is 2.54. The Hall–Kier alpha value is -5.88. The first kappa shape index (κ1) is 34.0. The molecule has 18 heteroatoms. The predicted octanol–water partition coefficient (Wildman–Crippen LogP) is 2.65. The van der Waals surface area contributed by atoms with Crippen molar-refractivity contribution in [2.75, 3.05) is 29.5 Å². The standard InChI is InChI=1S/C32H27FN6O9S2/c33-18-10-9-17(24(40)25(18)41)26(31(46)47)48-37-21(19-14-50-32(34)35-19)27(42)36-22-28(43)39-23(30(44)45)16(13-49-29(22)39)7-4-12-38-11-3-6-15-5-1-2-8-20(15)38/h1-10,14,22,26,29,40-41H,11-13H2,(H2,34,35)(H,36,42)(H,44,45)(H,46,47). The molecule has 15 nitrogen and oxygen atoms in total. The number of nitrogens with two attached hydrogens (primary N) is 1. The molecule has 2 aromatic carbocycles. The molecule has 1 aromatic heterocycles. The Morgan fingerprint density at radius 3 is 2.68 bits per heavy atom. The number of nitrogen functional groups attached to an aromatic ring is 1. The monoisotopic (exact) mass is 722 g/mol. The number of phenols is 2. The van der Waals surface area contributed by atoms with Gasteiger partial charge in [0.15, 0.2) is 28.2 Å². The fourth-order valence-corrected chi connectivity index (χ4v) is 7.39. The lowest BCUT2D eigenvalue weighted by atomic mass is 10.0. The second-order valence-corrected chi connectivity index (χ2v) is 13.0. The van der Waals surface area contributed by atoms with Crippen molar-refractivity contribution in [1.82, 2.24) is 15.2 Å². The van der Waals surface area contributed by atoms with E-state index < -0.39 is 69.9 Å². The third-order valence-electron chi connectivity index (χ3n) is 7.90. The van der Waals surface area contributed by atoms with Crippen LogP contribution in [0.15, 0.2) is 76.4 Å². The number of carboxylic acid groups (broad SMARTS) is 2. The molecule has 7 N–H and O–H groups in total. The maximum Gasteiger partial charge on any atom is 0.352 e. The number of fused-ring (bicyclic) bond motifs is 2. The number of anilines is 2. The van der Waals surface area contributed by atoms with Crippen molar-refractivity contribution >= 4 is 69.5 Å². The van der Waals surface area contributed by atoms with Gasteiger partial charge < -0.3 is 41.2 Å². The highest BCUT2D eigenvalue weighted by Crippen LogP contribution is 2.41. The van der Waals surface area contributed by atoms with E-state index in [0.29, 0.717) is 24.7 Å². The van der Waals surface area contributed by atoms with Gasteiger partial charge in [0.25, 0.3) is 17.9 Å². The van der Waals surface area contributed by atoms with E-state index in [4.69, 9.17) is 10.6 Å². The Morgan fingerprint density at radius 1 is 1.18 bits per heavy atom. The maximum absolute atomic E-state index is 13.7. The summed E-state index contributed by atoms with van der Waals surface area (Å²) in [7, 11) is 0. The number of thioether (sulfide) groups is 1. The van der Waals surface area contributed by atoms with Crippen molar-refractivity contribution in [1.29, 1.82) is 0 Å². The molecule has 1 saturated heterocycles. The summed E-state index contributed by atoms with van der Waals surface area (Å²) in [6.45, 7) is 1.17. The van der Waals surface area contributed by atoms with Crippen molar-refractivity contribution in [2.45, 2.75) is 17.5 Å². The number of carbonyl (C=O) groups excluding carboxylic acids is 2. The van der Waals surface area contributed by atoms with E-state index in [0.717, 1.165) is 33.6 Å².